The smallest absolute Gasteiger partial charge is 0.340 e. The maximum Gasteiger partial charge on any atom is 0.340 e. The number of aromatic nitrogens is 1. The summed E-state index contributed by atoms with van der Waals surface area (Å²) in [5.74, 6) is -0.997. The second-order valence-electron chi connectivity index (χ2n) is 6.76. The van der Waals surface area contributed by atoms with E-state index in [1.54, 1.807) is 32.0 Å². The van der Waals surface area contributed by atoms with E-state index >= 15 is 0 Å². The van der Waals surface area contributed by atoms with Gasteiger partial charge in [-0.3, -0.25) is 9.59 Å². The van der Waals surface area contributed by atoms with Crippen molar-refractivity contribution in [3.8, 4) is 0 Å². The highest BCUT2D eigenvalue weighted by atomic mass is 16.6. The predicted octanol–water partition coefficient (Wildman–Crippen LogP) is 2.88. The molecule has 3 N–H and O–H groups in total. The average molecular weight is 401 g/mol. The lowest BCUT2D eigenvalue weighted by Gasteiger charge is -2.15. The third kappa shape index (κ3) is 5.68. The van der Waals surface area contributed by atoms with Gasteiger partial charge in [0.05, 0.1) is 18.2 Å². The number of carbonyl (C=O) groups is 3. The lowest BCUT2D eigenvalue weighted by molar-refractivity contribution is -0.114. The molecule has 1 heterocycles. The van der Waals surface area contributed by atoms with Crippen molar-refractivity contribution in [1.82, 2.24) is 10.3 Å². The normalized spacial score (nSPS) is 11.6. The van der Waals surface area contributed by atoms with E-state index in [1.165, 1.54) is 14.0 Å². The van der Waals surface area contributed by atoms with Crippen LogP contribution in [0.15, 0.2) is 24.3 Å². The van der Waals surface area contributed by atoms with Gasteiger partial charge in [-0.2, -0.15) is 0 Å². The second-order valence-corrected chi connectivity index (χ2v) is 6.76. The molecule has 0 saturated carbocycles. The van der Waals surface area contributed by atoms with Gasteiger partial charge < -0.3 is 25.1 Å². The summed E-state index contributed by atoms with van der Waals surface area (Å²) in [4.78, 5) is 39.3. The highest BCUT2D eigenvalue weighted by Gasteiger charge is 2.24. The van der Waals surface area contributed by atoms with E-state index in [2.05, 4.69) is 15.6 Å². The summed E-state index contributed by atoms with van der Waals surface area (Å²) in [5, 5.41) is 5.63. The van der Waals surface area contributed by atoms with E-state index in [1.807, 2.05) is 13.0 Å². The SMILES string of the molecule is COCCOC(=O)c1c(C)[nH]c(C(=O)NC(C)c2cccc(NC(C)=O)c2)c1C. The summed E-state index contributed by atoms with van der Waals surface area (Å²) in [6.07, 6.45) is 0. The van der Waals surface area contributed by atoms with Gasteiger partial charge in [0.2, 0.25) is 5.91 Å². The predicted molar refractivity (Wildman–Crippen MR) is 109 cm³/mol. The van der Waals surface area contributed by atoms with Crippen LogP contribution < -0.4 is 10.6 Å². The summed E-state index contributed by atoms with van der Waals surface area (Å²) >= 11 is 0. The molecular formula is C21H27N3O5. The Morgan fingerprint density at radius 2 is 1.90 bits per heavy atom. The van der Waals surface area contributed by atoms with Crippen LogP contribution in [0.3, 0.4) is 0 Å². The van der Waals surface area contributed by atoms with Crippen LogP contribution in [0.2, 0.25) is 0 Å². The number of hydrogen-bond acceptors (Lipinski definition) is 5. The Kier molecular flexibility index (Phi) is 7.55. The fraction of sp³-hybridized carbons (Fsp3) is 0.381. The van der Waals surface area contributed by atoms with E-state index in [-0.39, 0.29) is 24.5 Å². The first-order valence-electron chi connectivity index (χ1n) is 9.28. The molecule has 8 nitrogen and oxygen atoms in total. The Morgan fingerprint density at radius 1 is 1.17 bits per heavy atom. The lowest BCUT2D eigenvalue weighted by Crippen LogP contribution is -2.27. The number of hydrogen-bond donors (Lipinski definition) is 3. The summed E-state index contributed by atoms with van der Waals surface area (Å²) in [6, 6.07) is 6.94. The van der Waals surface area contributed by atoms with Gasteiger partial charge in [0, 0.05) is 25.4 Å². The summed E-state index contributed by atoms with van der Waals surface area (Å²) < 4.78 is 10.0. The zero-order valence-corrected chi connectivity index (χ0v) is 17.3. The van der Waals surface area contributed by atoms with Crippen LogP contribution >= 0.6 is 0 Å². The van der Waals surface area contributed by atoms with Crippen LogP contribution in [-0.2, 0) is 14.3 Å². The van der Waals surface area contributed by atoms with Gasteiger partial charge in [-0.25, -0.2) is 4.79 Å². The molecule has 0 bridgehead atoms. The van der Waals surface area contributed by atoms with Gasteiger partial charge in [0.25, 0.3) is 5.91 Å². The number of carbonyl (C=O) groups excluding carboxylic acids is 3. The van der Waals surface area contributed by atoms with Crippen LogP contribution in [0.1, 0.15) is 57.6 Å². The molecule has 156 valence electrons. The van der Waals surface area contributed by atoms with Crippen LogP contribution in [0.4, 0.5) is 5.69 Å². The zero-order chi connectivity index (χ0) is 21.6. The minimum atomic E-state index is -0.497. The Hall–Kier alpha value is -3.13. The molecule has 0 fully saturated rings. The van der Waals surface area contributed by atoms with Crippen molar-refractivity contribution in [2.24, 2.45) is 0 Å². The van der Waals surface area contributed by atoms with Gasteiger partial charge in [-0.1, -0.05) is 12.1 Å². The molecule has 1 aromatic carbocycles. The zero-order valence-electron chi connectivity index (χ0n) is 17.3. The molecule has 8 heteroatoms. The van der Waals surface area contributed by atoms with Crippen molar-refractivity contribution < 1.29 is 23.9 Å². The van der Waals surface area contributed by atoms with E-state index in [9.17, 15) is 14.4 Å². The molecule has 0 aliphatic rings. The first-order chi connectivity index (χ1) is 13.7. The molecule has 0 aliphatic carbocycles. The highest BCUT2D eigenvalue weighted by Crippen LogP contribution is 2.21. The molecule has 29 heavy (non-hydrogen) atoms. The molecule has 2 rings (SSSR count). The molecule has 0 spiro atoms. The fourth-order valence-corrected chi connectivity index (χ4v) is 3.01. The molecular weight excluding hydrogens is 374 g/mol. The number of benzene rings is 1. The maximum atomic E-state index is 12.8. The molecule has 1 atom stereocenters. The first-order valence-corrected chi connectivity index (χ1v) is 9.28. The number of amides is 2. The Morgan fingerprint density at radius 3 is 2.55 bits per heavy atom. The summed E-state index contributed by atoms with van der Waals surface area (Å²) in [5.41, 5.74) is 3.25. The number of ether oxygens (including phenoxy) is 2. The first kappa shape index (κ1) is 22.2. The molecule has 1 unspecified atom stereocenters. The molecule has 0 radical (unpaired) electrons. The number of anilines is 1. The number of rotatable bonds is 8. The van der Waals surface area contributed by atoms with Gasteiger partial charge in [0.1, 0.15) is 12.3 Å². The Balaban J connectivity index is 2.14. The standard InChI is InChI=1S/C21H27N3O5/c1-12-18(21(27)29-10-9-28-5)14(3)22-19(12)20(26)23-13(2)16-7-6-8-17(11-16)24-15(4)25/h6-8,11,13,22H,9-10H2,1-5H3,(H,23,26)(H,24,25). The minimum absolute atomic E-state index is 0.141. The Labute approximate surface area is 170 Å². The van der Waals surface area contributed by atoms with Gasteiger partial charge >= 0.3 is 5.97 Å². The topological polar surface area (TPSA) is 110 Å². The molecule has 0 aliphatic heterocycles. The number of H-pyrrole nitrogens is 1. The minimum Gasteiger partial charge on any atom is -0.460 e. The quantitative estimate of drug-likeness (QED) is 0.465. The van der Waals surface area contributed by atoms with Crippen molar-refractivity contribution >= 4 is 23.5 Å². The fourth-order valence-electron chi connectivity index (χ4n) is 3.01. The lowest BCUT2D eigenvalue weighted by atomic mass is 10.1. The van der Waals surface area contributed by atoms with Gasteiger partial charge in [-0.05, 0) is 44.0 Å². The molecule has 2 aromatic rings. The number of esters is 1. The van der Waals surface area contributed by atoms with Crippen molar-refractivity contribution in [3.05, 3.63) is 52.3 Å². The monoisotopic (exact) mass is 401 g/mol. The van der Waals surface area contributed by atoms with Crippen molar-refractivity contribution in [3.63, 3.8) is 0 Å². The van der Waals surface area contributed by atoms with E-state index < -0.39 is 5.97 Å². The largest absolute Gasteiger partial charge is 0.460 e. The van der Waals surface area contributed by atoms with E-state index in [0.29, 0.717) is 34.8 Å². The van der Waals surface area contributed by atoms with E-state index in [4.69, 9.17) is 9.47 Å². The van der Waals surface area contributed by atoms with Crippen LogP contribution in [0.5, 0.6) is 0 Å². The maximum absolute atomic E-state index is 12.8. The molecule has 0 saturated heterocycles. The molecule has 2 amide bonds. The number of aromatic amines is 1. The number of aryl methyl sites for hydroxylation is 1. The average Bonchev–Trinajstić information content (AvgIpc) is 2.96. The number of nitrogens with one attached hydrogen (secondary N) is 3. The van der Waals surface area contributed by atoms with Gasteiger partial charge in [-0.15, -0.1) is 0 Å². The van der Waals surface area contributed by atoms with Crippen molar-refractivity contribution in [1.29, 1.82) is 0 Å². The summed E-state index contributed by atoms with van der Waals surface area (Å²) in [7, 11) is 1.52. The van der Waals surface area contributed by atoms with Crippen molar-refractivity contribution in [2.75, 3.05) is 25.6 Å². The van der Waals surface area contributed by atoms with Gasteiger partial charge in [0.15, 0.2) is 0 Å². The molecule has 1 aromatic heterocycles. The Bertz CT molecular complexity index is 904. The second kappa shape index (κ2) is 9.88. The van der Waals surface area contributed by atoms with Crippen LogP contribution in [-0.4, -0.2) is 43.1 Å². The third-order valence-electron chi connectivity index (χ3n) is 4.44. The number of methoxy groups -OCH3 is 1. The highest BCUT2D eigenvalue weighted by molar-refractivity contribution is 6.00. The summed E-state index contributed by atoms with van der Waals surface area (Å²) in [6.45, 7) is 7.14. The van der Waals surface area contributed by atoms with Crippen molar-refractivity contribution in [2.45, 2.75) is 33.7 Å². The third-order valence-corrected chi connectivity index (χ3v) is 4.44. The van der Waals surface area contributed by atoms with E-state index in [0.717, 1.165) is 5.56 Å². The van der Waals surface area contributed by atoms with Crippen LogP contribution in [0.25, 0.3) is 0 Å². The van der Waals surface area contributed by atoms with Crippen LogP contribution in [0, 0.1) is 13.8 Å².